The Balaban J connectivity index is 1.90. The smallest absolute Gasteiger partial charge is 0.0992 e. The van der Waals surface area contributed by atoms with Crippen LogP contribution in [0.5, 0.6) is 0 Å². The number of nitrogens with zero attached hydrogens (tertiary/aromatic N) is 1. The quantitative estimate of drug-likeness (QED) is 0.767. The zero-order chi connectivity index (χ0) is 10.3. The van der Waals surface area contributed by atoms with Crippen molar-refractivity contribution in [2.24, 2.45) is 0 Å². The van der Waals surface area contributed by atoms with E-state index in [0.717, 1.165) is 16.7 Å². The first-order valence-corrected chi connectivity index (χ1v) is 6.45. The molecule has 0 spiro atoms. The third kappa shape index (κ3) is 2.18. The number of hydrogen-bond donors (Lipinski definition) is 0. The highest BCUT2D eigenvalue weighted by atomic mass is 32.2. The lowest BCUT2D eigenvalue weighted by Gasteiger charge is -2.04. The molecule has 0 heterocycles. The lowest BCUT2D eigenvalue weighted by atomic mass is 10.1. The summed E-state index contributed by atoms with van der Waals surface area (Å²) in [6, 6.07) is 8.66. The molecule has 15 heavy (non-hydrogen) atoms. The SMILES string of the molecule is N#Cc1cc(SC2CC2)cc(C2CC2)c1. The van der Waals surface area contributed by atoms with E-state index in [1.54, 1.807) is 0 Å². The van der Waals surface area contributed by atoms with Gasteiger partial charge in [-0.3, -0.25) is 0 Å². The first kappa shape index (κ1) is 9.30. The van der Waals surface area contributed by atoms with E-state index >= 15 is 0 Å². The number of benzene rings is 1. The second-order valence-electron chi connectivity index (χ2n) is 4.49. The van der Waals surface area contributed by atoms with E-state index in [1.807, 2.05) is 17.8 Å². The van der Waals surface area contributed by atoms with E-state index in [-0.39, 0.29) is 0 Å². The maximum Gasteiger partial charge on any atom is 0.0992 e. The van der Waals surface area contributed by atoms with E-state index in [9.17, 15) is 0 Å². The van der Waals surface area contributed by atoms with Crippen LogP contribution in [0, 0.1) is 11.3 Å². The molecule has 0 atom stereocenters. The van der Waals surface area contributed by atoms with Gasteiger partial charge in [0.2, 0.25) is 0 Å². The molecule has 2 fully saturated rings. The summed E-state index contributed by atoms with van der Waals surface area (Å²) in [6.07, 6.45) is 5.31. The summed E-state index contributed by atoms with van der Waals surface area (Å²) in [5.74, 6) is 0.747. The number of rotatable bonds is 3. The normalized spacial score (nSPS) is 19.9. The minimum Gasteiger partial charge on any atom is -0.192 e. The maximum atomic E-state index is 8.98. The summed E-state index contributed by atoms with van der Waals surface area (Å²) >= 11 is 1.95. The third-order valence-corrected chi connectivity index (χ3v) is 4.25. The summed E-state index contributed by atoms with van der Waals surface area (Å²) in [5.41, 5.74) is 2.22. The van der Waals surface area contributed by atoms with Crippen LogP contribution in [0.2, 0.25) is 0 Å². The lowest BCUT2D eigenvalue weighted by Crippen LogP contribution is -1.85. The molecule has 0 N–H and O–H groups in total. The molecule has 0 radical (unpaired) electrons. The number of thioether (sulfide) groups is 1. The average molecular weight is 215 g/mol. The van der Waals surface area contributed by atoms with Crippen molar-refractivity contribution < 1.29 is 0 Å². The molecule has 0 bridgehead atoms. The molecule has 0 unspecified atom stereocenters. The van der Waals surface area contributed by atoms with E-state index < -0.39 is 0 Å². The molecule has 0 aromatic heterocycles. The molecule has 1 aromatic rings. The van der Waals surface area contributed by atoms with Gasteiger partial charge in [0.1, 0.15) is 0 Å². The largest absolute Gasteiger partial charge is 0.192 e. The fourth-order valence-electron chi connectivity index (χ4n) is 1.79. The molecule has 1 nitrogen and oxygen atoms in total. The van der Waals surface area contributed by atoms with Crippen LogP contribution in [-0.4, -0.2) is 5.25 Å². The van der Waals surface area contributed by atoms with Gasteiger partial charge in [-0.1, -0.05) is 0 Å². The Morgan fingerprint density at radius 1 is 1.13 bits per heavy atom. The van der Waals surface area contributed by atoms with Gasteiger partial charge in [-0.2, -0.15) is 5.26 Å². The van der Waals surface area contributed by atoms with Gasteiger partial charge in [-0.25, -0.2) is 0 Å². The first-order valence-electron chi connectivity index (χ1n) is 5.57. The molecular weight excluding hydrogens is 202 g/mol. The molecule has 2 aliphatic carbocycles. The van der Waals surface area contributed by atoms with Crippen molar-refractivity contribution in [3.05, 3.63) is 29.3 Å². The topological polar surface area (TPSA) is 23.8 Å². The van der Waals surface area contributed by atoms with Crippen molar-refractivity contribution in [3.63, 3.8) is 0 Å². The first-order chi connectivity index (χ1) is 7.35. The van der Waals surface area contributed by atoms with Crippen LogP contribution in [-0.2, 0) is 0 Å². The Morgan fingerprint density at radius 3 is 2.53 bits per heavy atom. The Labute approximate surface area is 94.5 Å². The summed E-state index contributed by atoms with van der Waals surface area (Å²) in [6.45, 7) is 0. The fourth-order valence-corrected chi connectivity index (χ4v) is 2.94. The van der Waals surface area contributed by atoms with Gasteiger partial charge in [0.15, 0.2) is 0 Å². The molecule has 2 saturated carbocycles. The van der Waals surface area contributed by atoms with Crippen molar-refractivity contribution in [2.45, 2.75) is 41.7 Å². The summed E-state index contributed by atoms with van der Waals surface area (Å²) in [4.78, 5) is 1.30. The zero-order valence-electron chi connectivity index (χ0n) is 8.57. The highest BCUT2D eigenvalue weighted by molar-refractivity contribution is 8.00. The minimum absolute atomic E-state index is 0.747. The van der Waals surface area contributed by atoms with Gasteiger partial charge in [0.05, 0.1) is 11.6 Å². The van der Waals surface area contributed by atoms with E-state index in [1.165, 1.54) is 36.1 Å². The highest BCUT2D eigenvalue weighted by Crippen LogP contribution is 2.44. The molecule has 0 amide bonds. The van der Waals surface area contributed by atoms with Gasteiger partial charge in [-0.15, -0.1) is 11.8 Å². The second kappa shape index (κ2) is 3.57. The lowest BCUT2D eigenvalue weighted by molar-refractivity contribution is 1.11. The van der Waals surface area contributed by atoms with E-state index in [2.05, 4.69) is 18.2 Å². The molecule has 1 aromatic carbocycles. The van der Waals surface area contributed by atoms with Gasteiger partial charge in [0, 0.05) is 10.1 Å². The maximum absolute atomic E-state index is 8.98. The monoisotopic (exact) mass is 215 g/mol. The summed E-state index contributed by atoms with van der Waals surface area (Å²) in [7, 11) is 0. The van der Waals surface area contributed by atoms with Gasteiger partial charge >= 0.3 is 0 Å². The van der Waals surface area contributed by atoms with Crippen LogP contribution in [0.15, 0.2) is 23.1 Å². The van der Waals surface area contributed by atoms with E-state index in [0.29, 0.717) is 0 Å². The van der Waals surface area contributed by atoms with Crippen molar-refractivity contribution in [3.8, 4) is 6.07 Å². The predicted octanol–water partition coefficient (Wildman–Crippen LogP) is 3.69. The molecule has 2 heteroatoms. The third-order valence-electron chi connectivity index (χ3n) is 2.93. The summed E-state index contributed by atoms with van der Waals surface area (Å²) in [5, 5.41) is 9.80. The summed E-state index contributed by atoms with van der Waals surface area (Å²) < 4.78 is 0. The van der Waals surface area contributed by atoms with Crippen LogP contribution in [0.25, 0.3) is 0 Å². The van der Waals surface area contributed by atoms with Gasteiger partial charge < -0.3 is 0 Å². The molecule has 0 saturated heterocycles. The Bertz CT molecular complexity index is 425. The number of hydrogen-bond acceptors (Lipinski definition) is 2. The molecular formula is C13H13NS. The minimum atomic E-state index is 0.747. The standard InChI is InChI=1S/C13H13NS/c14-8-9-5-11(10-1-2-10)7-13(6-9)15-12-3-4-12/h5-7,10,12H,1-4H2. The van der Waals surface area contributed by atoms with Crippen LogP contribution in [0.1, 0.15) is 42.7 Å². The molecule has 0 aliphatic heterocycles. The van der Waals surface area contributed by atoms with Gasteiger partial charge in [0.25, 0.3) is 0 Å². The Kier molecular flexibility index (Phi) is 2.21. The Morgan fingerprint density at radius 2 is 1.93 bits per heavy atom. The van der Waals surface area contributed by atoms with Crippen LogP contribution in [0.4, 0.5) is 0 Å². The van der Waals surface area contributed by atoms with Crippen molar-refractivity contribution >= 4 is 11.8 Å². The fraction of sp³-hybridized carbons (Fsp3) is 0.462. The van der Waals surface area contributed by atoms with Crippen molar-refractivity contribution in [1.82, 2.24) is 0 Å². The predicted molar refractivity (Wildman–Crippen MR) is 62.0 cm³/mol. The molecule has 3 rings (SSSR count). The highest BCUT2D eigenvalue weighted by Gasteiger charge is 2.26. The van der Waals surface area contributed by atoms with Crippen LogP contribution < -0.4 is 0 Å². The second-order valence-corrected chi connectivity index (χ2v) is 5.87. The van der Waals surface area contributed by atoms with Crippen LogP contribution in [0.3, 0.4) is 0 Å². The zero-order valence-corrected chi connectivity index (χ0v) is 9.39. The average Bonchev–Trinajstić information content (AvgIpc) is 3.10. The van der Waals surface area contributed by atoms with Crippen molar-refractivity contribution in [2.75, 3.05) is 0 Å². The van der Waals surface area contributed by atoms with Gasteiger partial charge in [-0.05, 0) is 55.4 Å². The molecule has 76 valence electrons. The number of nitriles is 1. The molecule has 2 aliphatic rings. The van der Waals surface area contributed by atoms with E-state index in [4.69, 9.17) is 5.26 Å². The van der Waals surface area contributed by atoms with Crippen molar-refractivity contribution in [1.29, 1.82) is 5.26 Å². The Hall–Kier alpha value is -0.940. The van der Waals surface area contributed by atoms with Crippen LogP contribution >= 0.6 is 11.8 Å².